The SMILES string of the molecule is CCSC1=C(c2ccc(Cl)cc2)C(=O)N(Cc2ccccc2OC)C1=O. The second-order valence-corrected chi connectivity index (χ2v) is 7.36. The first-order valence-electron chi connectivity index (χ1n) is 8.18. The average molecular weight is 388 g/mol. The summed E-state index contributed by atoms with van der Waals surface area (Å²) in [6, 6.07) is 14.4. The molecule has 1 aliphatic heterocycles. The number of hydrogen-bond acceptors (Lipinski definition) is 4. The maximum atomic E-state index is 13.1. The van der Waals surface area contributed by atoms with Crippen LogP contribution in [0.15, 0.2) is 53.4 Å². The van der Waals surface area contributed by atoms with E-state index in [0.29, 0.717) is 32.6 Å². The van der Waals surface area contributed by atoms with Crippen molar-refractivity contribution in [3.05, 3.63) is 69.6 Å². The second-order valence-electron chi connectivity index (χ2n) is 5.65. The van der Waals surface area contributed by atoms with Crippen LogP contribution in [0.5, 0.6) is 5.75 Å². The number of rotatable bonds is 6. The molecule has 0 saturated heterocycles. The number of thioether (sulfide) groups is 1. The lowest BCUT2D eigenvalue weighted by molar-refractivity contribution is -0.137. The van der Waals surface area contributed by atoms with Crippen molar-refractivity contribution in [2.75, 3.05) is 12.9 Å². The Balaban J connectivity index is 1.98. The van der Waals surface area contributed by atoms with E-state index in [9.17, 15) is 9.59 Å². The maximum absolute atomic E-state index is 13.1. The summed E-state index contributed by atoms with van der Waals surface area (Å²) >= 11 is 7.34. The third kappa shape index (κ3) is 3.50. The standard InChI is InChI=1S/C20H18ClNO3S/c1-3-26-18-17(13-8-10-15(21)11-9-13)19(23)22(20(18)24)12-14-6-4-5-7-16(14)25-2/h4-11H,3,12H2,1-2H3. The Hall–Kier alpha value is -2.24. The van der Waals surface area contributed by atoms with Gasteiger partial charge in [0.2, 0.25) is 0 Å². The van der Waals surface area contributed by atoms with Gasteiger partial charge in [0.15, 0.2) is 0 Å². The molecule has 6 heteroatoms. The minimum absolute atomic E-state index is 0.173. The van der Waals surface area contributed by atoms with Gasteiger partial charge in [0.05, 0.1) is 24.1 Å². The van der Waals surface area contributed by atoms with E-state index in [-0.39, 0.29) is 18.4 Å². The fourth-order valence-electron chi connectivity index (χ4n) is 2.85. The van der Waals surface area contributed by atoms with Crippen LogP contribution >= 0.6 is 23.4 Å². The van der Waals surface area contributed by atoms with Gasteiger partial charge in [-0.3, -0.25) is 14.5 Å². The normalized spacial score (nSPS) is 14.3. The lowest BCUT2D eigenvalue weighted by Crippen LogP contribution is -2.31. The van der Waals surface area contributed by atoms with Gasteiger partial charge in [-0.05, 0) is 29.5 Å². The number of carbonyl (C=O) groups excluding carboxylic acids is 2. The summed E-state index contributed by atoms with van der Waals surface area (Å²) in [6.45, 7) is 2.13. The van der Waals surface area contributed by atoms with Crippen molar-refractivity contribution < 1.29 is 14.3 Å². The molecule has 1 aliphatic rings. The van der Waals surface area contributed by atoms with E-state index in [1.54, 1.807) is 31.4 Å². The van der Waals surface area contributed by atoms with Crippen molar-refractivity contribution in [2.45, 2.75) is 13.5 Å². The first-order valence-corrected chi connectivity index (χ1v) is 9.54. The number of ether oxygens (including phenoxy) is 1. The quantitative estimate of drug-likeness (QED) is 0.690. The summed E-state index contributed by atoms with van der Waals surface area (Å²) in [5.41, 5.74) is 1.93. The first-order chi connectivity index (χ1) is 12.6. The van der Waals surface area contributed by atoms with E-state index < -0.39 is 0 Å². The second kappa shape index (κ2) is 7.98. The number of para-hydroxylation sites is 1. The van der Waals surface area contributed by atoms with Gasteiger partial charge in [-0.15, -0.1) is 11.8 Å². The van der Waals surface area contributed by atoms with Gasteiger partial charge in [-0.2, -0.15) is 0 Å². The zero-order chi connectivity index (χ0) is 18.7. The van der Waals surface area contributed by atoms with Crippen LogP contribution in [-0.2, 0) is 16.1 Å². The number of imide groups is 1. The lowest BCUT2D eigenvalue weighted by atomic mass is 10.1. The summed E-state index contributed by atoms with van der Waals surface area (Å²) in [5.74, 6) is 0.795. The zero-order valence-electron chi connectivity index (χ0n) is 14.5. The van der Waals surface area contributed by atoms with Gasteiger partial charge in [-0.1, -0.05) is 48.9 Å². The summed E-state index contributed by atoms with van der Waals surface area (Å²) in [6.07, 6.45) is 0. The highest BCUT2D eigenvalue weighted by Crippen LogP contribution is 2.37. The molecule has 1 heterocycles. The molecule has 3 rings (SSSR count). The molecule has 134 valence electrons. The van der Waals surface area contributed by atoms with Crippen LogP contribution in [0, 0.1) is 0 Å². The zero-order valence-corrected chi connectivity index (χ0v) is 16.1. The van der Waals surface area contributed by atoms with Crippen LogP contribution < -0.4 is 4.74 Å². The minimum Gasteiger partial charge on any atom is -0.496 e. The molecule has 0 unspecified atom stereocenters. The molecule has 0 N–H and O–H groups in total. The third-order valence-corrected chi connectivity index (χ3v) is 5.28. The van der Waals surface area contributed by atoms with E-state index in [2.05, 4.69) is 0 Å². The van der Waals surface area contributed by atoms with Crippen molar-refractivity contribution >= 4 is 40.8 Å². The fraction of sp³-hybridized carbons (Fsp3) is 0.200. The Morgan fingerprint density at radius 1 is 1.04 bits per heavy atom. The Labute approximate surface area is 161 Å². The monoisotopic (exact) mass is 387 g/mol. The summed E-state index contributed by atoms with van der Waals surface area (Å²) in [5, 5.41) is 0.585. The van der Waals surface area contributed by atoms with Crippen LogP contribution in [0.25, 0.3) is 5.57 Å². The Kier molecular flexibility index (Phi) is 5.69. The highest BCUT2D eigenvalue weighted by Gasteiger charge is 2.39. The number of hydrogen-bond donors (Lipinski definition) is 0. The van der Waals surface area contributed by atoms with Gasteiger partial charge >= 0.3 is 0 Å². The molecular formula is C20H18ClNO3S. The smallest absolute Gasteiger partial charge is 0.268 e. The van der Waals surface area contributed by atoms with E-state index >= 15 is 0 Å². The molecule has 2 amide bonds. The average Bonchev–Trinajstić information content (AvgIpc) is 2.88. The van der Waals surface area contributed by atoms with Gasteiger partial charge in [-0.25, -0.2) is 0 Å². The molecule has 4 nitrogen and oxygen atoms in total. The summed E-state index contributed by atoms with van der Waals surface area (Å²) in [4.78, 5) is 27.7. The number of amides is 2. The van der Waals surface area contributed by atoms with Crippen molar-refractivity contribution in [2.24, 2.45) is 0 Å². The predicted molar refractivity (Wildman–Crippen MR) is 105 cm³/mol. The molecule has 0 saturated carbocycles. The summed E-state index contributed by atoms with van der Waals surface area (Å²) in [7, 11) is 1.57. The van der Waals surface area contributed by atoms with Crippen LogP contribution in [0.3, 0.4) is 0 Å². The minimum atomic E-state index is -0.292. The maximum Gasteiger partial charge on any atom is 0.268 e. The van der Waals surface area contributed by atoms with Crippen molar-refractivity contribution in [1.29, 1.82) is 0 Å². The van der Waals surface area contributed by atoms with Crippen LogP contribution in [0.2, 0.25) is 5.02 Å². The number of carbonyl (C=O) groups is 2. The van der Waals surface area contributed by atoms with Gasteiger partial charge in [0, 0.05) is 10.6 Å². The van der Waals surface area contributed by atoms with Crippen molar-refractivity contribution in [3.63, 3.8) is 0 Å². The summed E-state index contributed by atoms with van der Waals surface area (Å²) < 4.78 is 5.34. The molecule has 0 aromatic heterocycles. The number of halogens is 1. The Morgan fingerprint density at radius 2 is 1.73 bits per heavy atom. The Morgan fingerprint density at radius 3 is 2.38 bits per heavy atom. The molecular weight excluding hydrogens is 370 g/mol. The highest BCUT2D eigenvalue weighted by molar-refractivity contribution is 8.04. The van der Waals surface area contributed by atoms with Gasteiger partial charge in [0.25, 0.3) is 11.8 Å². The molecule has 0 aliphatic carbocycles. The largest absolute Gasteiger partial charge is 0.496 e. The molecule has 0 bridgehead atoms. The highest BCUT2D eigenvalue weighted by atomic mass is 35.5. The topological polar surface area (TPSA) is 46.6 Å². The van der Waals surface area contributed by atoms with Crippen LogP contribution in [-0.4, -0.2) is 29.6 Å². The van der Waals surface area contributed by atoms with Crippen molar-refractivity contribution in [3.8, 4) is 5.75 Å². The molecule has 0 radical (unpaired) electrons. The van der Waals surface area contributed by atoms with E-state index in [1.165, 1.54) is 16.7 Å². The molecule has 26 heavy (non-hydrogen) atoms. The third-order valence-electron chi connectivity index (χ3n) is 4.07. The molecule has 2 aromatic rings. The molecule has 0 atom stereocenters. The van der Waals surface area contributed by atoms with E-state index in [0.717, 1.165) is 5.56 Å². The fourth-order valence-corrected chi connectivity index (χ4v) is 3.85. The molecule has 2 aromatic carbocycles. The van der Waals surface area contributed by atoms with Gasteiger partial charge < -0.3 is 4.74 Å². The van der Waals surface area contributed by atoms with E-state index in [1.807, 2.05) is 31.2 Å². The first kappa shape index (κ1) is 18.5. The van der Waals surface area contributed by atoms with E-state index in [4.69, 9.17) is 16.3 Å². The lowest BCUT2D eigenvalue weighted by Gasteiger charge is -2.17. The van der Waals surface area contributed by atoms with Crippen LogP contribution in [0.1, 0.15) is 18.1 Å². The Bertz CT molecular complexity index is 877. The number of nitrogens with zero attached hydrogens (tertiary/aromatic N) is 1. The molecule has 0 spiro atoms. The molecule has 0 fully saturated rings. The number of methoxy groups -OCH3 is 1. The van der Waals surface area contributed by atoms with Crippen molar-refractivity contribution in [1.82, 2.24) is 4.90 Å². The number of benzene rings is 2. The van der Waals surface area contributed by atoms with Gasteiger partial charge in [0.1, 0.15) is 5.75 Å². The van der Waals surface area contributed by atoms with Crippen LogP contribution in [0.4, 0.5) is 0 Å². The predicted octanol–water partition coefficient (Wildman–Crippen LogP) is 4.38.